The van der Waals surface area contributed by atoms with Crippen molar-refractivity contribution >= 4 is 0 Å². The summed E-state index contributed by atoms with van der Waals surface area (Å²) in [4.78, 5) is 4.45. The maximum atomic E-state index is 10.9. The molecule has 1 aliphatic heterocycles. The lowest BCUT2D eigenvalue weighted by atomic mass is 9.93. The van der Waals surface area contributed by atoms with Gasteiger partial charge in [-0.15, -0.1) is 0 Å². The first-order valence-corrected chi connectivity index (χ1v) is 10.1. The van der Waals surface area contributed by atoms with Crippen LogP contribution in [-0.2, 0) is 18.7 Å². The molecule has 0 radical (unpaired) electrons. The molecule has 1 heterocycles. The molecule has 3 rings (SSSR count). The fourth-order valence-corrected chi connectivity index (χ4v) is 4.06. The van der Waals surface area contributed by atoms with Crippen LogP contribution in [0, 0.1) is 20.8 Å². The molecule has 2 aromatic carbocycles. The van der Waals surface area contributed by atoms with Crippen LogP contribution in [0.2, 0.25) is 0 Å². The molecule has 0 saturated carbocycles. The second-order valence-electron chi connectivity index (χ2n) is 8.76. The van der Waals surface area contributed by atoms with Crippen LogP contribution >= 0.6 is 0 Å². The van der Waals surface area contributed by atoms with Gasteiger partial charge in [0, 0.05) is 31.7 Å². The van der Waals surface area contributed by atoms with E-state index in [4.69, 9.17) is 4.74 Å². The molecule has 1 atom stereocenters. The number of fused-ring (bicyclic) bond motifs is 1. The first kappa shape index (κ1) is 20.8. The van der Waals surface area contributed by atoms with Gasteiger partial charge in [-0.05, 0) is 81.7 Å². The number of rotatable bonds is 5. The van der Waals surface area contributed by atoms with Gasteiger partial charge in [-0.25, -0.2) is 0 Å². The van der Waals surface area contributed by atoms with E-state index in [0.29, 0.717) is 13.2 Å². The van der Waals surface area contributed by atoms with Crippen molar-refractivity contribution in [3.05, 3.63) is 63.7 Å². The Morgan fingerprint density at radius 1 is 1.07 bits per heavy atom. The Bertz CT molecular complexity index is 843. The number of hydrogen-bond donors (Lipinski definition) is 1. The molecule has 28 heavy (non-hydrogen) atoms. The first-order valence-electron chi connectivity index (χ1n) is 10.1. The third kappa shape index (κ3) is 4.75. The largest absolute Gasteiger partial charge is 0.492 e. The van der Waals surface area contributed by atoms with Crippen LogP contribution in [0.5, 0.6) is 5.75 Å². The molecule has 0 aromatic heterocycles. The number of aliphatic hydroxyl groups is 1. The van der Waals surface area contributed by atoms with Crippen LogP contribution in [0.15, 0.2) is 30.3 Å². The molecule has 0 amide bonds. The predicted molar refractivity (Wildman–Crippen MR) is 115 cm³/mol. The fraction of sp³-hybridized carbons (Fsp3) is 0.500. The van der Waals surface area contributed by atoms with Crippen molar-refractivity contribution in [1.82, 2.24) is 9.80 Å². The van der Waals surface area contributed by atoms with Crippen molar-refractivity contribution in [3.63, 3.8) is 0 Å². The van der Waals surface area contributed by atoms with Crippen molar-refractivity contribution in [2.45, 2.75) is 46.4 Å². The van der Waals surface area contributed by atoms with Crippen LogP contribution in [0.1, 0.15) is 40.3 Å². The summed E-state index contributed by atoms with van der Waals surface area (Å²) in [6, 6.07) is 10.7. The summed E-state index contributed by atoms with van der Waals surface area (Å²) >= 11 is 0. The Hall–Kier alpha value is -1.88. The third-order valence-corrected chi connectivity index (χ3v) is 5.71. The highest BCUT2D eigenvalue weighted by Crippen LogP contribution is 2.30. The Morgan fingerprint density at radius 2 is 1.79 bits per heavy atom. The summed E-state index contributed by atoms with van der Waals surface area (Å²) in [5, 5.41) is 10.9. The average Bonchev–Trinajstić information content (AvgIpc) is 2.79. The van der Waals surface area contributed by atoms with E-state index in [-0.39, 0.29) is 0 Å². The van der Waals surface area contributed by atoms with Crippen molar-refractivity contribution < 1.29 is 9.84 Å². The Balaban J connectivity index is 1.84. The summed E-state index contributed by atoms with van der Waals surface area (Å²) in [7, 11) is 3.96. The maximum Gasteiger partial charge on any atom is 0.123 e. The first-order chi connectivity index (χ1) is 13.2. The fourth-order valence-electron chi connectivity index (χ4n) is 4.06. The zero-order valence-electron chi connectivity index (χ0n) is 18.2. The Morgan fingerprint density at radius 3 is 2.50 bits per heavy atom. The molecule has 1 N–H and O–H groups in total. The highest BCUT2D eigenvalue weighted by molar-refractivity contribution is 5.40. The normalized spacial score (nSPS) is 17.0. The summed E-state index contributed by atoms with van der Waals surface area (Å²) in [5.41, 5.74) is 6.61. The third-order valence-electron chi connectivity index (χ3n) is 5.71. The Labute approximate surface area is 169 Å². The van der Waals surface area contributed by atoms with E-state index in [1.165, 1.54) is 22.3 Å². The standard InChI is InChI=1S/C24H34N2O2/c1-17-11-19(3)20(12-18(17)2)14-26-9-10-28-23-8-7-22(13-21(23)15-26)24(4,27)16-25(5)6/h7-8,11-13,27H,9-10,14-16H2,1-6H3. The van der Waals surface area contributed by atoms with Crippen molar-refractivity contribution in [1.29, 1.82) is 0 Å². The number of likely N-dealkylation sites (N-methyl/N-ethyl adjacent to an activating group) is 1. The van der Waals surface area contributed by atoms with E-state index in [2.05, 4.69) is 43.9 Å². The van der Waals surface area contributed by atoms with Gasteiger partial charge in [-0.1, -0.05) is 18.2 Å². The molecule has 0 spiro atoms. The lowest BCUT2D eigenvalue weighted by Crippen LogP contribution is -2.34. The summed E-state index contributed by atoms with van der Waals surface area (Å²) in [6.45, 7) is 12.3. The number of hydrogen-bond acceptors (Lipinski definition) is 4. The lowest BCUT2D eigenvalue weighted by Gasteiger charge is -2.28. The lowest BCUT2D eigenvalue weighted by molar-refractivity contribution is 0.0299. The molecule has 152 valence electrons. The number of aryl methyl sites for hydroxylation is 3. The SMILES string of the molecule is Cc1cc(C)c(CN2CCOc3ccc(C(C)(O)CN(C)C)cc3C2)cc1C. The van der Waals surface area contributed by atoms with Crippen LogP contribution in [0.3, 0.4) is 0 Å². The highest BCUT2D eigenvalue weighted by atomic mass is 16.5. The minimum atomic E-state index is -0.889. The van der Waals surface area contributed by atoms with Gasteiger partial charge in [-0.2, -0.15) is 0 Å². The molecule has 1 aliphatic rings. The summed E-state index contributed by atoms with van der Waals surface area (Å²) in [6.07, 6.45) is 0. The van der Waals surface area contributed by atoms with E-state index in [0.717, 1.165) is 36.5 Å². The summed E-state index contributed by atoms with van der Waals surface area (Å²) in [5.74, 6) is 0.934. The minimum Gasteiger partial charge on any atom is -0.492 e. The second-order valence-corrected chi connectivity index (χ2v) is 8.76. The van der Waals surface area contributed by atoms with Gasteiger partial charge in [0.25, 0.3) is 0 Å². The van der Waals surface area contributed by atoms with Crippen LogP contribution < -0.4 is 4.74 Å². The molecule has 0 fully saturated rings. The van der Waals surface area contributed by atoms with Gasteiger partial charge in [0.05, 0.1) is 5.60 Å². The van der Waals surface area contributed by atoms with Gasteiger partial charge in [0.15, 0.2) is 0 Å². The topological polar surface area (TPSA) is 35.9 Å². The van der Waals surface area contributed by atoms with Crippen LogP contribution in [0.25, 0.3) is 0 Å². The molecule has 4 heteroatoms. The van der Waals surface area contributed by atoms with Gasteiger partial charge in [0.1, 0.15) is 12.4 Å². The number of benzene rings is 2. The van der Waals surface area contributed by atoms with Gasteiger partial charge >= 0.3 is 0 Å². The van der Waals surface area contributed by atoms with E-state index < -0.39 is 5.60 Å². The molecule has 2 aromatic rings. The number of ether oxygens (including phenoxy) is 1. The van der Waals surface area contributed by atoms with Crippen LogP contribution in [0.4, 0.5) is 0 Å². The van der Waals surface area contributed by atoms with E-state index in [1.807, 2.05) is 38.1 Å². The minimum absolute atomic E-state index is 0.582. The maximum absolute atomic E-state index is 10.9. The van der Waals surface area contributed by atoms with Crippen molar-refractivity contribution in [3.8, 4) is 5.75 Å². The van der Waals surface area contributed by atoms with Gasteiger partial charge in [-0.3, -0.25) is 4.90 Å². The van der Waals surface area contributed by atoms with Crippen LogP contribution in [-0.4, -0.2) is 48.7 Å². The summed E-state index contributed by atoms with van der Waals surface area (Å²) < 4.78 is 6.00. The molecular weight excluding hydrogens is 348 g/mol. The van der Waals surface area contributed by atoms with Gasteiger partial charge in [0.2, 0.25) is 0 Å². The molecule has 1 unspecified atom stereocenters. The number of nitrogens with zero attached hydrogens (tertiary/aromatic N) is 2. The zero-order valence-corrected chi connectivity index (χ0v) is 18.2. The average molecular weight is 383 g/mol. The van der Waals surface area contributed by atoms with Gasteiger partial charge < -0.3 is 14.7 Å². The molecule has 0 bridgehead atoms. The highest BCUT2D eigenvalue weighted by Gasteiger charge is 2.26. The zero-order chi connectivity index (χ0) is 20.5. The predicted octanol–water partition coefficient (Wildman–Crippen LogP) is 3.78. The Kier molecular flexibility index (Phi) is 6.13. The monoisotopic (exact) mass is 382 g/mol. The second kappa shape index (κ2) is 8.24. The van der Waals surface area contributed by atoms with E-state index in [1.54, 1.807) is 0 Å². The molecule has 4 nitrogen and oxygen atoms in total. The van der Waals surface area contributed by atoms with E-state index >= 15 is 0 Å². The molecule has 0 saturated heterocycles. The van der Waals surface area contributed by atoms with Crippen molar-refractivity contribution in [2.75, 3.05) is 33.8 Å². The van der Waals surface area contributed by atoms with Crippen molar-refractivity contribution in [2.24, 2.45) is 0 Å². The van der Waals surface area contributed by atoms with E-state index in [9.17, 15) is 5.11 Å². The quantitative estimate of drug-likeness (QED) is 0.854. The smallest absolute Gasteiger partial charge is 0.123 e. The molecular formula is C24H34N2O2. The molecule has 0 aliphatic carbocycles.